The Morgan fingerprint density at radius 3 is 2.37 bits per heavy atom. The molecule has 0 fully saturated rings. The van der Waals surface area contributed by atoms with Gasteiger partial charge in [0.15, 0.2) is 0 Å². The van der Waals surface area contributed by atoms with Crippen molar-refractivity contribution in [2.45, 2.75) is 46.6 Å². The molecule has 0 aliphatic heterocycles. The van der Waals surface area contributed by atoms with Crippen molar-refractivity contribution in [3.05, 3.63) is 11.9 Å². The monoisotopic (exact) mass is 266 g/mol. The lowest BCUT2D eigenvalue weighted by molar-refractivity contribution is 0.235. The fourth-order valence-electron chi connectivity index (χ4n) is 1.89. The zero-order valence-corrected chi connectivity index (χ0v) is 12.6. The van der Waals surface area contributed by atoms with Crippen molar-refractivity contribution in [2.75, 3.05) is 24.3 Å². The Bertz CT molecular complexity index is 379. The van der Waals surface area contributed by atoms with E-state index in [0.717, 1.165) is 23.9 Å². The van der Waals surface area contributed by atoms with Crippen LogP contribution in [-0.2, 0) is 6.42 Å². The standard InChI is InChI=1S/C14H26N4O/c1-6-11-17-12(15-5)9-13(18-11)16-10(7-8-19)14(2,3)4/h9-10,19H,6-8H2,1-5H3,(H2,15,16,17,18). The van der Waals surface area contributed by atoms with Gasteiger partial charge in [-0.1, -0.05) is 27.7 Å². The van der Waals surface area contributed by atoms with E-state index in [2.05, 4.69) is 41.4 Å². The first-order valence-electron chi connectivity index (χ1n) is 6.83. The van der Waals surface area contributed by atoms with Crippen molar-refractivity contribution in [2.24, 2.45) is 5.41 Å². The van der Waals surface area contributed by atoms with Crippen molar-refractivity contribution < 1.29 is 5.11 Å². The average molecular weight is 266 g/mol. The van der Waals surface area contributed by atoms with Crippen LogP contribution in [0.5, 0.6) is 0 Å². The summed E-state index contributed by atoms with van der Waals surface area (Å²) in [5.41, 5.74) is 0.0554. The highest BCUT2D eigenvalue weighted by Gasteiger charge is 2.24. The molecule has 0 aromatic carbocycles. The van der Waals surface area contributed by atoms with E-state index in [-0.39, 0.29) is 18.1 Å². The van der Waals surface area contributed by atoms with Gasteiger partial charge in [-0.05, 0) is 11.8 Å². The second kappa shape index (κ2) is 6.70. The molecule has 5 nitrogen and oxygen atoms in total. The van der Waals surface area contributed by atoms with Gasteiger partial charge in [-0.15, -0.1) is 0 Å². The third-order valence-corrected chi connectivity index (χ3v) is 3.13. The Kier molecular flexibility index (Phi) is 5.54. The SMILES string of the molecule is CCc1nc(NC)cc(NC(CCO)C(C)(C)C)n1. The zero-order chi connectivity index (χ0) is 14.5. The fourth-order valence-corrected chi connectivity index (χ4v) is 1.89. The third kappa shape index (κ3) is 4.67. The van der Waals surface area contributed by atoms with Gasteiger partial charge in [0.2, 0.25) is 0 Å². The summed E-state index contributed by atoms with van der Waals surface area (Å²) in [7, 11) is 1.85. The van der Waals surface area contributed by atoms with Crippen LogP contribution in [0.25, 0.3) is 0 Å². The summed E-state index contributed by atoms with van der Waals surface area (Å²) >= 11 is 0. The molecule has 108 valence electrons. The first kappa shape index (κ1) is 15.7. The van der Waals surface area contributed by atoms with Gasteiger partial charge in [-0.25, -0.2) is 9.97 Å². The van der Waals surface area contributed by atoms with Crippen LogP contribution < -0.4 is 10.6 Å². The summed E-state index contributed by atoms with van der Waals surface area (Å²) in [5, 5.41) is 15.7. The first-order chi connectivity index (χ1) is 8.90. The first-order valence-corrected chi connectivity index (χ1v) is 6.83. The molecule has 0 saturated heterocycles. The number of hydrogen-bond acceptors (Lipinski definition) is 5. The van der Waals surface area contributed by atoms with Gasteiger partial charge >= 0.3 is 0 Å². The summed E-state index contributed by atoms with van der Waals surface area (Å²) in [5.74, 6) is 2.43. The number of aryl methyl sites for hydroxylation is 1. The molecule has 0 bridgehead atoms. The molecule has 3 N–H and O–H groups in total. The molecular weight excluding hydrogens is 240 g/mol. The number of aliphatic hydroxyl groups excluding tert-OH is 1. The number of hydrogen-bond donors (Lipinski definition) is 3. The Morgan fingerprint density at radius 1 is 1.26 bits per heavy atom. The second-order valence-electron chi connectivity index (χ2n) is 5.73. The van der Waals surface area contributed by atoms with Gasteiger partial charge in [-0.2, -0.15) is 0 Å². The smallest absolute Gasteiger partial charge is 0.132 e. The molecule has 1 atom stereocenters. The van der Waals surface area contributed by atoms with Crippen LogP contribution in [0, 0.1) is 5.41 Å². The summed E-state index contributed by atoms with van der Waals surface area (Å²) in [4.78, 5) is 8.87. The van der Waals surface area contributed by atoms with Crippen molar-refractivity contribution >= 4 is 11.6 Å². The fraction of sp³-hybridized carbons (Fsp3) is 0.714. The molecule has 1 aromatic heterocycles. The van der Waals surface area contributed by atoms with Crippen molar-refractivity contribution in [1.29, 1.82) is 0 Å². The Balaban J connectivity index is 2.95. The molecule has 1 unspecified atom stereocenters. The lowest BCUT2D eigenvalue weighted by Gasteiger charge is -2.31. The normalized spacial score (nSPS) is 13.2. The number of nitrogens with one attached hydrogen (secondary N) is 2. The molecule has 1 rings (SSSR count). The molecule has 1 aromatic rings. The van der Waals surface area contributed by atoms with Crippen LogP contribution in [0.4, 0.5) is 11.6 Å². The van der Waals surface area contributed by atoms with E-state index in [9.17, 15) is 5.11 Å². The molecule has 0 spiro atoms. The number of nitrogens with zero attached hydrogens (tertiary/aromatic N) is 2. The Hall–Kier alpha value is -1.36. The van der Waals surface area contributed by atoms with Crippen molar-refractivity contribution in [3.8, 4) is 0 Å². The highest BCUT2D eigenvalue weighted by Crippen LogP contribution is 2.25. The Labute approximate surface area is 115 Å². The van der Waals surface area contributed by atoms with Crippen LogP contribution in [0.3, 0.4) is 0 Å². The van der Waals surface area contributed by atoms with Crippen LogP contribution >= 0.6 is 0 Å². The van der Waals surface area contributed by atoms with Gasteiger partial charge in [0, 0.05) is 32.2 Å². The summed E-state index contributed by atoms with van der Waals surface area (Å²) in [6.45, 7) is 8.66. The van der Waals surface area contributed by atoms with E-state index < -0.39 is 0 Å². The number of anilines is 2. The topological polar surface area (TPSA) is 70.1 Å². The highest BCUT2D eigenvalue weighted by atomic mass is 16.3. The maximum Gasteiger partial charge on any atom is 0.132 e. The van der Waals surface area contributed by atoms with E-state index in [0.29, 0.717) is 6.42 Å². The Morgan fingerprint density at radius 2 is 1.89 bits per heavy atom. The van der Waals surface area contributed by atoms with Gasteiger partial charge in [-0.3, -0.25) is 0 Å². The van der Waals surface area contributed by atoms with E-state index in [4.69, 9.17) is 0 Å². The molecular formula is C14H26N4O. The molecule has 1 heterocycles. The van der Waals surface area contributed by atoms with E-state index in [1.165, 1.54) is 0 Å². The molecule has 5 heteroatoms. The number of aromatic nitrogens is 2. The quantitative estimate of drug-likeness (QED) is 0.737. The van der Waals surface area contributed by atoms with Crippen molar-refractivity contribution in [1.82, 2.24) is 9.97 Å². The minimum atomic E-state index is 0.0554. The average Bonchev–Trinajstić information content (AvgIpc) is 2.36. The van der Waals surface area contributed by atoms with Crippen molar-refractivity contribution in [3.63, 3.8) is 0 Å². The van der Waals surface area contributed by atoms with Gasteiger partial charge < -0.3 is 15.7 Å². The van der Waals surface area contributed by atoms with Gasteiger partial charge in [0.05, 0.1) is 0 Å². The van der Waals surface area contributed by atoms with Crippen LogP contribution in [0.15, 0.2) is 6.07 Å². The third-order valence-electron chi connectivity index (χ3n) is 3.13. The van der Waals surface area contributed by atoms with Crippen LogP contribution in [-0.4, -0.2) is 34.8 Å². The van der Waals surface area contributed by atoms with E-state index >= 15 is 0 Å². The summed E-state index contributed by atoms with van der Waals surface area (Å²) in [6.07, 6.45) is 1.49. The molecule has 0 aliphatic rings. The zero-order valence-electron chi connectivity index (χ0n) is 12.6. The maximum atomic E-state index is 9.19. The second-order valence-corrected chi connectivity index (χ2v) is 5.73. The number of rotatable bonds is 6. The van der Waals surface area contributed by atoms with Crippen LogP contribution in [0.1, 0.15) is 39.9 Å². The van der Waals surface area contributed by atoms with Gasteiger partial charge in [0.25, 0.3) is 0 Å². The lowest BCUT2D eigenvalue weighted by Crippen LogP contribution is -2.35. The van der Waals surface area contributed by atoms with Crippen LogP contribution in [0.2, 0.25) is 0 Å². The molecule has 0 aliphatic carbocycles. The predicted molar refractivity (Wildman–Crippen MR) is 79.5 cm³/mol. The number of aliphatic hydroxyl groups is 1. The minimum Gasteiger partial charge on any atom is -0.396 e. The summed E-state index contributed by atoms with van der Waals surface area (Å²) in [6, 6.07) is 2.07. The van der Waals surface area contributed by atoms with Gasteiger partial charge in [0.1, 0.15) is 17.5 Å². The lowest BCUT2D eigenvalue weighted by atomic mass is 9.85. The predicted octanol–water partition coefficient (Wildman–Crippen LogP) is 2.29. The summed E-state index contributed by atoms with van der Waals surface area (Å²) < 4.78 is 0. The molecule has 19 heavy (non-hydrogen) atoms. The molecule has 0 radical (unpaired) electrons. The minimum absolute atomic E-state index is 0.0554. The molecule has 0 amide bonds. The maximum absolute atomic E-state index is 9.19. The highest BCUT2D eigenvalue weighted by molar-refractivity contribution is 5.48. The van der Waals surface area contributed by atoms with E-state index in [1.807, 2.05) is 20.0 Å². The van der Waals surface area contributed by atoms with E-state index in [1.54, 1.807) is 0 Å². The largest absolute Gasteiger partial charge is 0.396 e. The molecule has 0 saturated carbocycles.